The predicted octanol–water partition coefficient (Wildman–Crippen LogP) is 0.360. The Hall–Kier alpha value is -1.32. The average molecular weight is 336 g/mol. The molecule has 0 heterocycles. The van der Waals surface area contributed by atoms with Crippen molar-refractivity contribution < 1.29 is 21.8 Å². The largest absolute Gasteiger partial charge is 0.352 e. The molecule has 0 fully saturated rings. The molecule has 1 aromatic rings. The zero-order chi connectivity index (χ0) is 16.2. The fourth-order valence-electron chi connectivity index (χ4n) is 1.52. The quantitative estimate of drug-likeness (QED) is 0.782. The molecule has 0 aliphatic carbocycles. The van der Waals surface area contributed by atoms with Crippen LogP contribution in [0.1, 0.15) is 23.7 Å². The van der Waals surface area contributed by atoms with Gasteiger partial charge in [-0.25, -0.2) is 17.9 Å². The SMILES string of the molecule is CC(CCNC(=O)c1ccc(F)c(S(N)(=O)=O)c1)S(C)=O. The predicted molar refractivity (Wildman–Crippen MR) is 78.3 cm³/mol. The summed E-state index contributed by atoms with van der Waals surface area (Å²) in [5, 5.41) is 7.35. The first-order valence-electron chi connectivity index (χ1n) is 6.05. The molecule has 9 heteroatoms. The highest BCUT2D eigenvalue weighted by Gasteiger charge is 2.17. The molecular formula is C12H17FN2O4S2. The van der Waals surface area contributed by atoms with E-state index < -0.39 is 37.4 Å². The van der Waals surface area contributed by atoms with Crippen LogP contribution in [-0.4, -0.2) is 36.6 Å². The Labute approximate surface area is 125 Å². The molecule has 1 amide bonds. The van der Waals surface area contributed by atoms with Crippen molar-refractivity contribution >= 4 is 26.7 Å². The Balaban J connectivity index is 2.78. The van der Waals surface area contributed by atoms with E-state index in [2.05, 4.69) is 5.32 Å². The minimum atomic E-state index is -4.23. The number of benzene rings is 1. The van der Waals surface area contributed by atoms with Crippen LogP contribution in [0.5, 0.6) is 0 Å². The number of carbonyl (C=O) groups is 1. The second-order valence-corrected chi connectivity index (χ2v) is 7.88. The van der Waals surface area contributed by atoms with Gasteiger partial charge in [0.05, 0.1) is 0 Å². The number of sulfonamides is 1. The molecule has 1 rings (SSSR count). The third kappa shape index (κ3) is 5.18. The van der Waals surface area contributed by atoms with Crippen molar-refractivity contribution in [3.63, 3.8) is 0 Å². The van der Waals surface area contributed by atoms with Crippen LogP contribution in [0.3, 0.4) is 0 Å². The molecule has 0 aromatic heterocycles. The van der Waals surface area contributed by atoms with Crippen molar-refractivity contribution in [1.82, 2.24) is 5.32 Å². The van der Waals surface area contributed by atoms with Crippen molar-refractivity contribution in [2.45, 2.75) is 23.5 Å². The highest BCUT2D eigenvalue weighted by molar-refractivity contribution is 7.89. The normalized spacial score (nSPS) is 14.5. The highest BCUT2D eigenvalue weighted by Crippen LogP contribution is 2.15. The van der Waals surface area contributed by atoms with Crippen LogP contribution in [-0.2, 0) is 20.8 Å². The maximum Gasteiger partial charge on any atom is 0.251 e. The van der Waals surface area contributed by atoms with Crippen LogP contribution in [0.4, 0.5) is 4.39 Å². The smallest absolute Gasteiger partial charge is 0.251 e. The molecule has 0 bridgehead atoms. The average Bonchev–Trinajstić information content (AvgIpc) is 2.37. The number of nitrogens with two attached hydrogens (primary N) is 1. The standard InChI is InChI=1S/C12H17FN2O4S2/c1-8(20(2)17)5-6-15-12(16)9-3-4-10(13)11(7-9)21(14,18)19/h3-4,7-8H,5-6H2,1-2H3,(H,15,16)(H2,14,18,19). The number of hydrogen-bond acceptors (Lipinski definition) is 4. The Bertz CT molecular complexity index is 661. The molecule has 0 spiro atoms. The number of rotatable bonds is 6. The van der Waals surface area contributed by atoms with E-state index in [4.69, 9.17) is 5.14 Å². The lowest BCUT2D eigenvalue weighted by molar-refractivity contribution is 0.0953. The Morgan fingerprint density at radius 2 is 2.10 bits per heavy atom. The van der Waals surface area contributed by atoms with E-state index in [1.165, 1.54) is 6.07 Å². The third-order valence-corrected chi connectivity index (χ3v) is 5.20. The van der Waals surface area contributed by atoms with Crippen LogP contribution in [0.15, 0.2) is 23.1 Å². The van der Waals surface area contributed by atoms with Crippen molar-refractivity contribution in [1.29, 1.82) is 0 Å². The zero-order valence-electron chi connectivity index (χ0n) is 11.6. The van der Waals surface area contributed by atoms with E-state index in [-0.39, 0.29) is 17.4 Å². The summed E-state index contributed by atoms with van der Waals surface area (Å²) in [5.41, 5.74) is -0.00861. The van der Waals surface area contributed by atoms with E-state index in [1.807, 2.05) is 0 Å². The lowest BCUT2D eigenvalue weighted by atomic mass is 10.2. The van der Waals surface area contributed by atoms with Crippen LogP contribution >= 0.6 is 0 Å². The van der Waals surface area contributed by atoms with Crippen LogP contribution < -0.4 is 10.5 Å². The maximum atomic E-state index is 13.4. The van der Waals surface area contributed by atoms with E-state index in [0.717, 1.165) is 12.1 Å². The van der Waals surface area contributed by atoms with Gasteiger partial charge in [0.25, 0.3) is 5.91 Å². The maximum absolute atomic E-state index is 13.4. The van der Waals surface area contributed by atoms with Gasteiger partial charge in [-0.2, -0.15) is 0 Å². The molecule has 2 atom stereocenters. The monoisotopic (exact) mass is 336 g/mol. The van der Waals surface area contributed by atoms with Gasteiger partial charge in [-0.15, -0.1) is 0 Å². The number of carbonyl (C=O) groups excluding carboxylic acids is 1. The summed E-state index contributed by atoms with van der Waals surface area (Å²) in [7, 11) is -5.21. The summed E-state index contributed by atoms with van der Waals surface area (Å²) in [6, 6.07) is 2.93. The molecule has 0 saturated heterocycles. The van der Waals surface area contributed by atoms with E-state index in [0.29, 0.717) is 6.42 Å². The topological polar surface area (TPSA) is 106 Å². The van der Waals surface area contributed by atoms with Gasteiger partial charge in [-0.1, -0.05) is 6.92 Å². The van der Waals surface area contributed by atoms with Gasteiger partial charge in [0, 0.05) is 34.4 Å². The van der Waals surface area contributed by atoms with Crippen molar-refractivity contribution in [3.8, 4) is 0 Å². The first-order valence-corrected chi connectivity index (χ1v) is 9.22. The fraction of sp³-hybridized carbons (Fsp3) is 0.417. The molecule has 1 aromatic carbocycles. The molecular weight excluding hydrogens is 319 g/mol. The molecule has 6 nitrogen and oxygen atoms in total. The van der Waals surface area contributed by atoms with E-state index >= 15 is 0 Å². The van der Waals surface area contributed by atoms with Gasteiger partial charge in [0.1, 0.15) is 10.7 Å². The minimum Gasteiger partial charge on any atom is -0.352 e. The van der Waals surface area contributed by atoms with Gasteiger partial charge >= 0.3 is 0 Å². The molecule has 118 valence electrons. The van der Waals surface area contributed by atoms with Gasteiger partial charge < -0.3 is 5.32 Å². The number of hydrogen-bond donors (Lipinski definition) is 2. The molecule has 3 N–H and O–H groups in total. The second-order valence-electron chi connectivity index (χ2n) is 4.54. The van der Waals surface area contributed by atoms with E-state index in [1.54, 1.807) is 13.2 Å². The van der Waals surface area contributed by atoms with Gasteiger partial charge in [-0.05, 0) is 24.6 Å². The van der Waals surface area contributed by atoms with E-state index in [9.17, 15) is 21.8 Å². The lowest BCUT2D eigenvalue weighted by Gasteiger charge is -2.10. The number of halogens is 1. The molecule has 0 aliphatic heterocycles. The van der Waals surface area contributed by atoms with Crippen molar-refractivity contribution in [3.05, 3.63) is 29.6 Å². The number of primary sulfonamides is 1. The fourth-order valence-corrected chi connectivity index (χ4v) is 2.60. The Morgan fingerprint density at radius 3 is 2.62 bits per heavy atom. The number of amides is 1. The zero-order valence-corrected chi connectivity index (χ0v) is 13.3. The van der Waals surface area contributed by atoms with Gasteiger partial charge in [0.15, 0.2) is 0 Å². The molecule has 2 unspecified atom stereocenters. The summed E-state index contributed by atoms with van der Waals surface area (Å²) in [5.74, 6) is -1.56. The summed E-state index contributed by atoms with van der Waals surface area (Å²) >= 11 is 0. The molecule has 0 aliphatic rings. The summed E-state index contributed by atoms with van der Waals surface area (Å²) in [6.07, 6.45) is 2.09. The first-order chi connectivity index (χ1) is 9.62. The lowest BCUT2D eigenvalue weighted by Crippen LogP contribution is -2.28. The summed E-state index contributed by atoms with van der Waals surface area (Å²) in [6.45, 7) is 2.07. The Morgan fingerprint density at radius 1 is 1.48 bits per heavy atom. The molecule has 0 radical (unpaired) electrons. The third-order valence-electron chi connectivity index (χ3n) is 2.90. The minimum absolute atomic E-state index is 0.00861. The van der Waals surface area contributed by atoms with Gasteiger partial charge in [0.2, 0.25) is 10.0 Å². The summed E-state index contributed by atoms with van der Waals surface area (Å²) < 4.78 is 46.9. The Kier molecular flexibility index (Phi) is 5.99. The van der Waals surface area contributed by atoms with Gasteiger partial charge in [-0.3, -0.25) is 9.00 Å². The second kappa shape index (κ2) is 7.10. The van der Waals surface area contributed by atoms with Crippen molar-refractivity contribution in [2.75, 3.05) is 12.8 Å². The van der Waals surface area contributed by atoms with Crippen LogP contribution in [0.2, 0.25) is 0 Å². The summed E-state index contributed by atoms with van der Waals surface area (Å²) in [4.78, 5) is 11.1. The van der Waals surface area contributed by atoms with Crippen LogP contribution in [0, 0.1) is 5.82 Å². The molecule has 21 heavy (non-hydrogen) atoms. The molecule has 0 saturated carbocycles. The van der Waals surface area contributed by atoms with Crippen LogP contribution in [0.25, 0.3) is 0 Å². The first kappa shape index (κ1) is 17.7. The van der Waals surface area contributed by atoms with Crippen molar-refractivity contribution in [2.24, 2.45) is 5.14 Å². The highest BCUT2D eigenvalue weighted by atomic mass is 32.2. The number of nitrogens with one attached hydrogen (secondary N) is 1.